The first-order chi connectivity index (χ1) is 13.2. The van der Waals surface area contributed by atoms with Crippen molar-refractivity contribution in [3.8, 4) is 5.75 Å². The Labute approximate surface area is 168 Å². The smallest absolute Gasteiger partial charge is 0.327 e. The van der Waals surface area contributed by atoms with Crippen molar-refractivity contribution in [3.63, 3.8) is 0 Å². The molecule has 0 saturated heterocycles. The molecule has 3 N–H and O–H groups in total. The van der Waals surface area contributed by atoms with E-state index >= 15 is 0 Å². The zero-order valence-electron chi connectivity index (χ0n) is 17.5. The summed E-state index contributed by atoms with van der Waals surface area (Å²) in [5.41, 5.74) is -1.55. The summed E-state index contributed by atoms with van der Waals surface area (Å²) >= 11 is 0. The second-order valence-corrected chi connectivity index (χ2v) is 9.05. The van der Waals surface area contributed by atoms with Crippen molar-refractivity contribution in [1.82, 2.24) is 5.32 Å². The van der Waals surface area contributed by atoms with Crippen molar-refractivity contribution < 1.29 is 19.2 Å². The Morgan fingerprint density at radius 1 is 1.29 bits per heavy atom. The number of ether oxygens (including phenoxy) is 1. The summed E-state index contributed by atoms with van der Waals surface area (Å²) in [4.78, 5) is 28.6. The summed E-state index contributed by atoms with van der Waals surface area (Å²) in [6.07, 6.45) is 5.23. The van der Waals surface area contributed by atoms with Crippen molar-refractivity contribution >= 4 is 12.4 Å². The molecule has 1 aliphatic rings. The molecule has 1 aromatic rings. The second kappa shape index (κ2) is 8.95. The Bertz CT molecular complexity index is 664. The number of hydrogen-bond acceptors (Lipinski definition) is 5. The molecule has 1 aromatic carbocycles. The molecule has 6 nitrogen and oxygen atoms in total. The number of benzene rings is 1. The van der Waals surface area contributed by atoms with Gasteiger partial charge in [0, 0.05) is 11.8 Å². The van der Waals surface area contributed by atoms with Gasteiger partial charge < -0.3 is 14.9 Å². The standard InChI is InChI=1S/C22H34N2O4/c1-5-6-12-22(24-16-25,27-18-10-8-7-9-11-18)21(4)14-17(19(26)28-23)13-20(2,3)15-21/h7-11,16-17H,5-6,12-15,23H2,1-4H3,(H,24,25). The van der Waals surface area contributed by atoms with Crippen LogP contribution in [0, 0.1) is 16.7 Å². The number of rotatable bonds is 9. The Balaban J connectivity index is 2.51. The topological polar surface area (TPSA) is 90.6 Å². The summed E-state index contributed by atoms with van der Waals surface area (Å²) in [6.45, 7) is 8.47. The van der Waals surface area contributed by atoms with Crippen LogP contribution in [0.15, 0.2) is 30.3 Å². The Morgan fingerprint density at radius 2 is 1.96 bits per heavy atom. The van der Waals surface area contributed by atoms with Gasteiger partial charge in [-0.1, -0.05) is 52.3 Å². The van der Waals surface area contributed by atoms with E-state index in [1.807, 2.05) is 30.3 Å². The highest BCUT2D eigenvalue weighted by atomic mass is 16.7. The molecule has 0 radical (unpaired) electrons. The molecule has 1 fully saturated rings. The third kappa shape index (κ3) is 4.85. The van der Waals surface area contributed by atoms with Crippen LogP contribution in [0.4, 0.5) is 0 Å². The van der Waals surface area contributed by atoms with E-state index in [-0.39, 0.29) is 11.3 Å². The summed E-state index contributed by atoms with van der Waals surface area (Å²) in [5.74, 6) is 5.14. The van der Waals surface area contributed by atoms with E-state index in [1.165, 1.54) is 0 Å². The molecule has 3 unspecified atom stereocenters. The predicted molar refractivity (Wildman–Crippen MR) is 108 cm³/mol. The number of hydrogen-bond donors (Lipinski definition) is 2. The molecule has 156 valence electrons. The number of nitrogens with one attached hydrogen (secondary N) is 1. The maximum atomic E-state index is 12.3. The highest BCUT2D eigenvalue weighted by Gasteiger charge is 2.57. The third-order valence-corrected chi connectivity index (χ3v) is 6.00. The van der Waals surface area contributed by atoms with Crippen LogP contribution in [-0.4, -0.2) is 18.1 Å². The fraction of sp³-hybridized carbons (Fsp3) is 0.636. The summed E-state index contributed by atoms with van der Waals surface area (Å²) < 4.78 is 6.52. The van der Waals surface area contributed by atoms with Gasteiger partial charge in [0.05, 0.1) is 5.92 Å². The molecule has 3 atom stereocenters. The van der Waals surface area contributed by atoms with Crippen LogP contribution in [0.2, 0.25) is 0 Å². The highest BCUT2D eigenvalue weighted by molar-refractivity contribution is 5.72. The molecule has 2 rings (SSSR count). The van der Waals surface area contributed by atoms with Gasteiger partial charge >= 0.3 is 5.97 Å². The second-order valence-electron chi connectivity index (χ2n) is 9.05. The average molecular weight is 391 g/mol. The van der Waals surface area contributed by atoms with Crippen LogP contribution in [-0.2, 0) is 14.4 Å². The molecule has 0 spiro atoms. The van der Waals surface area contributed by atoms with Gasteiger partial charge in [0.25, 0.3) is 0 Å². The molecule has 0 aromatic heterocycles. The van der Waals surface area contributed by atoms with E-state index in [9.17, 15) is 9.59 Å². The van der Waals surface area contributed by atoms with E-state index in [0.717, 1.165) is 19.3 Å². The van der Waals surface area contributed by atoms with Gasteiger partial charge in [-0.3, -0.25) is 9.59 Å². The number of nitrogens with two attached hydrogens (primary N) is 1. The number of amides is 1. The monoisotopic (exact) mass is 390 g/mol. The SMILES string of the molecule is CCCCC(NC=O)(Oc1ccccc1)C1(C)CC(C(=O)ON)CC(C)(C)C1. The van der Waals surface area contributed by atoms with Gasteiger partial charge in [0.1, 0.15) is 5.75 Å². The lowest BCUT2D eigenvalue weighted by Crippen LogP contribution is -2.64. The van der Waals surface area contributed by atoms with Crippen LogP contribution < -0.4 is 16.0 Å². The normalized spacial score (nSPS) is 26.0. The zero-order valence-corrected chi connectivity index (χ0v) is 17.5. The summed E-state index contributed by atoms with van der Waals surface area (Å²) in [7, 11) is 0. The van der Waals surface area contributed by atoms with Crippen LogP contribution in [0.3, 0.4) is 0 Å². The zero-order chi connectivity index (χ0) is 20.8. The average Bonchev–Trinajstić information content (AvgIpc) is 2.64. The van der Waals surface area contributed by atoms with Gasteiger partial charge in [-0.05, 0) is 43.2 Å². The molecule has 0 aliphatic heterocycles. The first-order valence-corrected chi connectivity index (χ1v) is 10.1. The maximum Gasteiger partial charge on any atom is 0.327 e. The third-order valence-electron chi connectivity index (χ3n) is 6.00. The quantitative estimate of drug-likeness (QED) is 0.378. The van der Waals surface area contributed by atoms with Crippen LogP contribution in [0.1, 0.15) is 66.2 Å². The first kappa shape index (κ1) is 22.2. The van der Waals surface area contributed by atoms with Crippen LogP contribution >= 0.6 is 0 Å². The van der Waals surface area contributed by atoms with Crippen molar-refractivity contribution in [3.05, 3.63) is 30.3 Å². The Hall–Kier alpha value is -2.08. The fourth-order valence-electron chi connectivity index (χ4n) is 5.02. The minimum Gasteiger partial charge on any atom is -0.468 e. The van der Waals surface area contributed by atoms with Crippen molar-refractivity contribution in [2.75, 3.05) is 0 Å². The molecule has 1 amide bonds. The molecule has 28 heavy (non-hydrogen) atoms. The molecular formula is C22H34N2O4. The van der Waals surface area contributed by atoms with E-state index in [0.29, 0.717) is 31.4 Å². The fourth-order valence-corrected chi connectivity index (χ4v) is 5.02. The van der Waals surface area contributed by atoms with Crippen LogP contribution in [0.25, 0.3) is 0 Å². The van der Waals surface area contributed by atoms with E-state index in [2.05, 4.69) is 37.8 Å². The number of para-hydroxylation sites is 1. The lowest BCUT2D eigenvalue weighted by molar-refractivity contribution is -0.167. The van der Waals surface area contributed by atoms with Gasteiger partial charge in [-0.2, -0.15) is 5.90 Å². The number of carbonyl (C=O) groups excluding carboxylic acids is 2. The molecule has 0 bridgehead atoms. The number of unbranched alkanes of at least 4 members (excludes halogenated alkanes) is 1. The molecule has 1 aliphatic carbocycles. The van der Waals surface area contributed by atoms with Crippen molar-refractivity contribution in [1.29, 1.82) is 0 Å². The Kier molecular flexibility index (Phi) is 7.10. The molecule has 1 saturated carbocycles. The lowest BCUT2D eigenvalue weighted by atomic mass is 9.56. The van der Waals surface area contributed by atoms with Gasteiger partial charge in [0.15, 0.2) is 5.72 Å². The minimum absolute atomic E-state index is 0.131. The first-order valence-electron chi connectivity index (χ1n) is 10.1. The van der Waals surface area contributed by atoms with Gasteiger partial charge in [-0.25, -0.2) is 0 Å². The van der Waals surface area contributed by atoms with Gasteiger partial charge in [0.2, 0.25) is 6.41 Å². The predicted octanol–water partition coefficient (Wildman–Crippen LogP) is 3.95. The van der Waals surface area contributed by atoms with E-state index in [1.54, 1.807) is 0 Å². The van der Waals surface area contributed by atoms with Crippen molar-refractivity contribution in [2.24, 2.45) is 22.6 Å². The minimum atomic E-state index is -0.934. The van der Waals surface area contributed by atoms with E-state index < -0.39 is 17.1 Å². The lowest BCUT2D eigenvalue weighted by Gasteiger charge is -2.55. The van der Waals surface area contributed by atoms with Gasteiger partial charge in [-0.15, -0.1) is 0 Å². The molecular weight excluding hydrogens is 356 g/mol. The summed E-state index contributed by atoms with van der Waals surface area (Å²) in [6, 6.07) is 9.50. The van der Waals surface area contributed by atoms with E-state index in [4.69, 9.17) is 10.6 Å². The largest absolute Gasteiger partial charge is 0.468 e. The Morgan fingerprint density at radius 3 is 2.54 bits per heavy atom. The van der Waals surface area contributed by atoms with Crippen molar-refractivity contribution in [2.45, 2.75) is 71.9 Å². The maximum absolute atomic E-state index is 12.3. The highest BCUT2D eigenvalue weighted by Crippen LogP contribution is 2.55. The van der Waals surface area contributed by atoms with Crippen LogP contribution in [0.5, 0.6) is 5.75 Å². The molecule has 6 heteroatoms. The number of carbonyl (C=O) groups is 2. The summed E-state index contributed by atoms with van der Waals surface area (Å²) in [5, 5.41) is 3.02. The molecule has 0 heterocycles.